The molecule has 0 aliphatic heterocycles. The predicted molar refractivity (Wildman–Crippen MR) is 114 cm³/mol. The van der Waals surface area contributed by atoms with Crippen LogP contribution in [0, 0.1) is 5.82 Å². The van der Waals surface area contributed by atoms with Crippen molar-refractivity contribution in [3.63, 3.8) is 0 Å². The average molecular weight is 429 g/mol. The molecule has 1 N–H and O–H groups in total. The van der Waals surface area contributed by atoms with E-state index in [1.807, 2.05) is 30.5 Å². The first-order valence-corrected chi connectivity index (χ1v) is 10.6. The second-order valence-electron chi connectivity index (χ2n) is 5.81. The van der Waals surface area contributed by atoms with Gasteiger partial charge in [0.15, 0.2) is 11.7 Å². The van der Waals surface area contributed by atoms with Gasteiger partial charge >= 0.3 is 5.97 Å². The van der Waals surface area contributed by atoms with E-state index in [0.717, 1.165) is 16.0 Å². The molecule has 0 atom stereocenters. The Kier molecular flexibility index (Phi) is 7.15. The zero-order valence-electron chi connectivity index (χ0n) is 15.4. The van der Waals surface area contributed by atoms with Crippen LogP contribution in [0.3, 0.4) is 0 Å². The molecule has 1 amide bonds. The fraction of sp³-hybridized carbons (Fsp3) is 0.0952. The normalized spacial score (nSPS) is 10.8. The van der Waals surface area contributed by atoms with Crippen LogP contribution in [-0.4, -0.2) is 29.7 Å². The molecule has 3 rings (SSSR count). The molecule has 1 heterocycles. The van der Waals surface area contributed by atoms with E-state index in [1.54, 1.807) is 35.4 Å². The van der Waals surface area contributed by atoms with Crippen LogP contribution in [0.2, 0.25) is 0 Å². The summed E-state index contributed by atoms with van der Waals surface area (Å²) in [4.78, 5) is 29.1. The molecule has 29 heavy (non-hydrogen) atoms. The van der Waals surface area contributed by atoms with E-state index in [2.05, 4.69) is 10.3 Å². The smallest absolute Gasteiger partial charge is 0.331 e. The Hall–Kier alpha value is -2.97. The number of anilines is 1. The Labute approximate surface area is 175 Å². The number of halogens is 1. The van der Waals surface area contributed by atoms with E-state index < -0.39 is 18.5 Å². The number of esters is 1. The van der Waals surface area contributed by atoms with Crippen LogP contribution < -0.4 is 5.32 Å². The van der Waals surface area contributed by atoms with Crippen molar-refractivity contribution in [2.45, 2.75) is 4.90 Å². The Morgan fingerprint density at radius 3 is 2.59 bits per heavy atom. The highest BCUT2D eigenvalue weighted by Crippen LogP contribution is 2.25. The molecule has 5 nitrogen and oxygen atoms in total. The highest BCUT2D eigenvalue weighted by atomic mass is 32.2. The largest absolute Gasteiger partial charge is 0.452 e. The van der Waals surface area contributed by atoms with Gasteiger partial charge in [0.25, 0.3) is 5.91 Å². The number of nitrogens with zero attached hydrogens (tertiary/aromatic N) is 1. The highest BCUT2D eigenvalue weighted by Gasteiger charge is 2.10. The third-order valence-corrected chi connectivity index (χ3v) is 5.27. The van der Waals surface area contributed by atoms with Crippen molar-refractivity contribution in [2.24, 2.45) is 0 Å². The van der Waals surface area contributed by atoms with Gasteiger partial charge in [0, 0.05) is 21.9 Å². The van der Waals surface area contributed by atoms with Crippen molar-refractivity contribution < 1.29 is 18.7 Å². The van der Waals surface area contributed by atoms with Gasteiger partial charge in [-0.05, 0) is 54.3 Å². The summed E-state index contributed by atoms with van der Waals surface area (Å²) in [5.74, 6) is -1.43. The summed E-state index contributed by atoms with van der Waals surface area (Å²) in [6.45, 7) is -0.417. The van der Waals surface area contributed by atoms with Gasteiger partial charge in [-0.15, -0.1) is 23.1 Å². The topological polar surface area (TPSA) is 68.3 Å². The predicted octanol–water partition coefficient (Wildman–Crippen LogP) is 4.87. The van der Waals surface area contributed by atoms with E-state index in [1.165, 1.54) is 29.5 Å². The zero-order chi connectivity index (χ0) is 20.6. The van der Waals surface area contributed by atoms with Crippen molar-refractivity contribution in [3.8, 4) is 11.3 Å². The second-order valence-corrected chi connectivity index (χ2v) is 7.54. The second kappa shape index (κ2) is 9.99. The fourth-order valence-corrected chi connectivity index (χ4v) is 3.45. The molecule has 3 aromatic rings. The number of carbonyl (C=O) groups excluding carboxylic acids is 2. The van der Waals surface area contributed by atoms with Gasteiger partial charge in [0.1, 0.15) is 5.82 Å². The molecule has 2 aromatic carbocycles. The van der Waals surface area contributed by atoms with Gasteiger partial charge in [0.2, 0.25) is 0 Å². The summed E-state index contributed by atoms with van der Waals surface area (Å²) >= 11 is 2.86. The number of thiazole rings is 1. The number of nitrogens with one attached hydrogen (secondary N) is 1. The molecule has 1 aromatic heterocycles. The molecule has 148 valence electrons. The van der Waals surface area contributed by atoms with Crippen LogP contribution in [-0.2, 0) is 14.3 Å². The van der Waals surface area contributed by atoms with Crippen LogP contribution >= 0.6 is 23.1 Å². The standard InChI is InChI=1S/C21H17FN2O3S2/c1-28-17-9-2-14(3-10-17)4-11-20(26)27-12-19(25)24-21-23-18(13-29-21)15-5-7-16(22)8-6-15/h2-11,13H,12H2,1H3,(H,23,24,25). The van der Waals surface area contributed by atoms with E-state index >= 15 is 0 Å². The van der Waals surface area contributed by atoms with E-state index in [0.29, 0.717) is 10.8 Å². The van der Waals surface area contributed by atoms with Crippen LogP contribution in [0.5, 0.6) is 0 Å². The molecular weight excluding hydrogens is 411 g/mol. The third-order valence-electron chi connectivity index (χ3n) is 3.76. The van der Waals surface area contributed by atoms with Gasteiger partial charge < -0.3 is 4.74 Å². The van der Waals surface area contributed by atoms with Crippen LogP contribution in [0.15, 0.2) is 64.9 Å². The SMILES string of the molecule is CSc1ccc(C=CC(=O)OCC(=O)Nc2nc(-c3ccc(F)cc3)cs2)cc1. The van der Waals surface area contributed by atoms with Gasteiger partial charge in [0.05, 0.1) is 5.69 Å². The molecule has 0 radical (unpaired) electrons. The van der Waals surface area contributed by atoms with E-state index in [9.17, 15) is 14.0 Å². The Balaban J connectivity index is 1.47. The summed E-state index contributed by atoms with van der Waals surface area (Å²) in [5.41, 5.74) is 2.23. The number of benzene rings is 2. The van der Waals surface area contributed by atoms with E-state index in [-0.39, 0.29) is 5.82 Å². The van der Waals surface area contributed by atoms with Crippen molar-refractivity contribution in [2.75, 3.05) is 18.2 Å². The minimum atomic E-state index is -0.611. The minimum absolute atomic E-state index is 0.328. The molecule has 0 unspecified atom stereocenters. The van der Waals surface area contributed by atoms with Crippen LogP contribution in [0.1, 0.15) is 5.56 Å². The lowest BCUT2D eigenvalue weighted by molar-refractivity contribution is -0.142. The average Bonchev–Trinajstić information content (AvgIpc) is 3.20. The first-order valence-electron chi connectivity index (χ1n) is 8.54. The Morgan fingerprint density at radius 1 is 1.17 bits per heavy atom. The summed E-state index contributed by atoms with van der Waals surface area (Å²) in [6.07, 6.45) is 4.89. The third kappa shape index (κ3) is 6.27. The number of thioether (sulfide) groups is 1. The van der Waals surface area contributed by atoms with E-state index in [4.69, 9.17) is 4.74 Å². The van der Waals surface area contributed by atoms with Gasteiger partial charge in [-0.2, -0.15) is 0 Å². The molecule has 0 saturated heterocycles. The molecule has 0 aliphatic carbocycles. The van der Waals surface area contributed by atoms with Crippen LogP contribution in [0.25, 0.3) is 17.3 Å². The number of ether oxygens (including phenoxy) is 1. The number of aromatic nitrogens is 1. The maximum Gasteiger partial charge on any atom is 0.331 e. The molecule has 0 aliphatic rings. The summed E-state index contributed by atoms with van der Waals surface area (Å²) in [7, 11) is 0. The van der Waals surface area contributed by atoms with Gasteiger partial charge in [-0.3, -0.25) is 10.1 Å². The summed E-state index contributed by atoms with van der Waals surface area (Å²) in [6, 6.07) is 13.6. The lowest BCUT2D eigenvalue weighted by Crippen LogP contribution is -2.20. The van der Waals surface area contributed by atoms with Gasteiger partial charge in [-0.1, -0.05) is 12.1 Å². The molecule has 0 fully saturated rings. The molecule has 0 bridgehead atoms. The summed E-state index contributed by atoms with van der Waals surface area (Å²) < 4.78 is 17.9. The van der Waals surface area contributed by atoms with Crippen molar-refractivity contribution in [3.05, 3.63) is 71.4 Å². The molecule has 8 heteroatoms. The number of hydrogen-bond donors (Lipinski definition) is 1. The Morgan fingerprint density at radius 2 is 1.90 bits per heavy atom. The molecular formula is C21H17FN2O3S2. The Bertz CT molecular complexity index is 1020. The van der Waals surface area contributed by atoms with Crippen LogP contribution in [0.4, 0.5) is 9.52 Å². The maximum absolute atomic E-state index is 13.0. The fourth-order valence-electron chi connectivity index (χ4n) is 2.30. The van der Waals surface area contributed by atoms with Gasteiger partial charge in [-0.25, -0.2) is 14.2 Å². The summed E-state index contributed by atoms with van der Waals surface area (Å²) in [5, 5.41) is 4.70. The van der Waals surface area contributed by atoms with Crippen molar-refractivity contribution in [1.29, 1.82) is 0 Å². The number of rotatable bonds is 7. The maximum atomic E-state index is 13.0. The first-order chi connectivity index (χ1) is 14.0. The minimum Gasteiger partial charge on any atom is -0.452 e. The lowest BCUT2D eigenvalue weighted by Gasteiger charge is -2.02. The lowest BCUT2D eigenvalue weighted by atomic mass is 10.2. The molecule has 0 spiro atoms. The number of carbonyl (C=O) groups is 2. The number of amides is 1. The van der Waals surface area contributed by atoms with Crippen molar-refractivity contribution in [1.82, 2.24) is 4.98 Å². The zero-order valence-corrected chi connectivity index (χ0v) is 17.1. The quantitative estimate of drug-likeness (QED) is 0.330. The first kappa shape index (κ1) is 20.8. The number of hydrogen-bond acceptors (Lipinski definition) is 6. The molecule has 0 saturated carbocycles. The monoisotopic (exact) mass is 428 g/mol. The highest BCUT2D eigenvalue weighted by molar-refractivity contribution is 7.98. The van der Waals surface area contributed by atoms with Crippen molar-refractivity contribution >= 4 is 46.2 Å².